The lowest BCUT2D eigenvalue weighted by atomic mass is 10.1. The molecule has 3 aromatic rings. The number of ether oxygens (including phenoxy) is 3. The van der Waals surface area contributed by atoms with E-state index in [9.17, 15) is 4.79 Å². The van der Waals surface area contributed by atoms with Crippen LogP contribution in [0, 0.1) is 0 Å². The van der Waals surface area contributed by atoms with E-state index in [1.807, 2.05) is 18.2 Å². The average molecular weight is 306 g/mol. The molecule has 2 aliphatic heterocycles. The van der Waals surface area contributed by atoms with Crippen molar-refractivity contribution >= 4 is 22.8 Å². The van der Waals surface area contributed by atoms with Crippen LogP contribution >= 0.6 is 0 Å². The molecule has 0 aliphatic carbocycles. The van der Waals surface area contributed by atoms with Crippen molar-refractivity contribution in [3.63, 3.8) is 0 Å². The van der Waals surface area contributed by atoms with Crippen molar-refractivity contribution in [2.45, 2.75) is 0 Å². The van der Waals surface area contributed by atoms with Crippen molar-refractivity contribution in [1.82, 2.24) is 0 Å². The number of ketones is 1. The highest BCUT2D eigenvalue weighted by Crippen LogP contribution is 2.39. The van der Waals surface area contributed by atoms with Crippen LogP contribution in [-0.2, 0) is 0 Å². The highest BCUT2D eigenvalue weighted by Gasteiger charge is 2.29. The van der Waals surface area contributed by atoms with Gasteiger partial charge in [0, 0.05) is 0 Å². The van der Waals surface area contributed by atoms with Gasteiger partial charge in [-0.05, 0) is 42.0 Å². The molecule has 0 saturated carbocycles. The quantitative estimate of drug-likeness (QED) is 0.640. The molecule has 3 heterocycles. The molecule has 0 spiro atoms. The summed E-state index contributed by atoms with van der Waals surface area (Å²) < 4.78 is 21.8. The molecule has 0 atom stereocenters. The zero-order chi connectivity index (χ0) is 15.4. The number of rotatable bonds is 1. The average Bonchev–Trinajstić information content (AvgIpc) is 3.26. The first kappa shape index (κ1) is 12.3. The van der Waals surface area contributed by atoms with Gasteiger partial charge in [-0.25, -0.2) is 0 Å². The first-order valence-electron chi connectivity index (χ1n) is 7.14. The number of carbonyl (C=O) groups is 1. The lowest BCUT2D eigenvalue weighted by Gasteiger charge is -2.01. The normalized spacial score (nSPS) is 16.9. The summed E-state index contributed by atoms with van der Waals surface area (Å²) in [6.45, 7) is 0.217. The monoisotopic (exact) mass is 306 g/mol. The van der Waals surface area contributed by atoms with E-state index in [4.69, 9.17) is 18.6 Å². The van der Waals surface area contributed by atoms with Gasteiger partial charge in [-0.2, -0.15) is 0 Å². The SMILES string of the molecule is O=C1/C(=C/c2ccc3c(c2)OCO3)Oc2c1ccc1occc21. The molecule has 5 rings (SSSR count). The molecule has 0 unspecified atom stereocenters. The zero-order valence-electron chi connectivity index (χ0n) is 11.9. The Morgan fingerprint density at radius 2 is 1.91 bits per heavy atom. The topological polar surface area (TPSA) is 57.9 Å². The van der Waals surface area contributed by atoms with Crippen LogP contribution in [0.15, 0.2) is 52.8 Å². The molecule has 1 aromatic heterocycles. The van der Waals surface area contributed by atoms with Crippen molar-refractivity contribution in [2.24, 2.45) is 0 Å². The van der Waals surface area contributed by atoms with E-state index < -0.39 is 0 Å². The Hall–Kier alpha value is -3.21. The molecule has 112 valence electrons. The van der Waals surface area contributed by atoms with Crippen LogP contribution in [0.4, 0.5) is 0 Å². The van der Waals surface area contributed by atoms with E-state index in [0.717, 1.165) is 10.9 Å². The first-order chi connectivity index (χ1) is 11.3. The minimum absolute atomic E-state index is 0.138. The number of allylic oxidation sites excluding steroid dienone is 1. The summed E-state index contributed by atoms with van der Waals surface area (Å²) in [5, 5.41) is 0.796. The third-order valence-corrected chi connectivity index (χ3v) is 3.96. The van der Waals surface area contributed by atoms with Crippen molar-refractivity contribution in [1.29, 1.82) is 0 Å². The molecular formula is C18H10O5. The van der Waals surface area contributed by atoms with Crippen LogP contribution in [0.25, 0.3) is 17.0 Å². The first-order valence-corrected chi connectivity index (χ1v) is 7.14. The van der Waals surface area contributed by atoms with Crippen LogP contribution in [0.3, 0.4) is 0 Å². The van der Waals surface area contributed by atoms with E-state index in [1.54, 1.807) is 30.5 Å². The summed E-state index contributed by atoms with van der Waals surface area (Å²) in [7, 11) is 0. The van der Waals surface area contributed by atoms with Crippen LogP contribution in [0.1, 0.15) is 15.9 Å². The number of Topliss-reactive ketones (excluding diaryl/α,β-unsaturated/α-hetero) is 1. The van der Waals surface area contributed by atoms with Gasteiger partial charge in [0.2, 0.25) is 12.6 Å². The van der Waals surface area contributed by atoms with Crippen molar-refractivity contribution < 1.29 is 23.4 Å². The number of carbonyl (C=O) groups excluding carboxylic acids is 1. The third kappa shape index (κ3) is 1.76. The summed E-state index contributed by atoms with van der Waals surface area (Å²) in [4.78, 5) is 12.5. The van der Waals surface area contributed by atoms with Gasteiger partial charge in [-0.15, -0.1) is 0 Å². The Labute approximate surface area is 130 Å². The van der Waals surface area contributed by atoms with Gasteiger partial charge < -0.3 is 18.6 Å². The van der Waals surface area contributed by atoms with Gasteiger partial charge in [0.15, 0.2) is 17.3 Å². The van der Waals surface area contributed by atoms with Crippen LogP contribution in [0.2, 0.25) is 0 Å². The molecule has 23 heavy (non-hydrogen) atoms. The molecule has 5 nitrogen and oxygen atoms in total. The zero-order valence-corrected chi connectivity index (χ0v) is 11.9. The minimum atomic E-state index is -0.138. The Morgan fingerprint density at radius 1 is 1.00 bits per heavy atom. The van der Waals surface area contributed by atoms with Gasteiger partial charge in [0.05, 0.1) is 17.2 Å². The second-order valence-corrected chi connectivity index (χ2v) is 5.33. The summed E-state index contributed by atoms with van der Waals surface area (Å²) in [5.74, 6) is 2.07. The van der Waals surface area contributed by atoms with Gasteiger partial charge in [-0.3, -0.25) is 4.79 Å². The number of hydrogen-bond acceptors (Lipinski definition) is 5. The molecule has 0 fully saturated rings. The molecule has 2 aliphatic rings. The van der Waals surface area contributed by atoms with E-state index in [-0.39, 0.29) is 18.3 Å². The highest BCUT2D eigenvalue weighted by molar-refractivity contribution is 6.17. The Morgan fingerprint density at radius 3 is 2.87 bits per heavy atom. The van der Waals surface area contributed by atoms with Gasteiger partial charge in [0.1, 0.15) is 11.3 Å². The van der Waals surface area contributed by atoms with E-state index in [2.05, 4.69) is 0 Å². The lowest BCUT2D eigenvalue weighted by molar-refractivity contribution is 0.101. The van der Waals surface area contributed by atoms with Crippen molar-refractivity contribution in [3.8, 4) is 17.2 Å². The van der Waals surface area contributed by atoms with Gasteiger partial charge in [-0.1, -0.05) is 6.07 Å². The second kappa shape index (κ2) is 4.39. The fourth-order valence-electron chi connectivity index (χ4n) is 2.84. The van der Waals surface area contributed by atoms with E-state index in [0.29, 0.717) is 28.4 Å². The molecule has 2 aromatic carbocycles. The van der Waals surface area contributed by atoms with Crippen LogP contribution in [0.5, 0.6) is 17.2 Å². The van der Waals surface area contributed by atoms with E-state index in [1.165, 1.54) is 0 Å². The second-order valence-electron chi connectivity index (χ2n) is 5.33. The standard InChI is InChI=1S/C18H10O5/c19-17-12-2-4-13-11(5-6-20-13)18(12)23-16(17)8-10-1-3-14-15(7-10)22-9-21-14/h1-8H,9H2/b16-8-. The Kier molecular flexibility index (Phi) is 2.36. The van der Waals surface area contributed by atoms with Crippen molar-refractivity contribution in [3.05, 3.63) is 59.5 Å². The molecule has 0 radical (unpaired) electrons. The van der Waals surface area contributed by atoms with Gasteiger partial charge in [0.25, 0.3) is 0 Å². The fourth-order valence-corrected chi connectivity index (χ4v) is 2.84. The van der Waals surface area contributed by atoms with E-state index >= 15 is 0 Å². The Bertz CT molecular complexity index is 996. The maximum absolute atomic E-state index is 12.5. The van der Waals surface area contributed by atoms with Crippen molar-refractivity contribution in [2.75, 3.05) is 6.79 Å². The molecule has 0 N–H and O–H groups in total. The van der Waals surface area contributed by atoms with Crippen LogP contribution < -0.4 is 14.2 Å². The molecule has 0 amide bonds. The predicted molar refractivity (Wildman–Crippen MR) is 81.7 cm³/mol. The largest absolute Gasteiger partial charge is 0.464 e. The third-order valence-electron chi connectivity index (χ3n) is 3.96. The maximum Gasteiger partial charge on any atom is 0.231 e. The number of benzene rings is 2. The summed E-state index contributed by atoms with van der Waals surface area (Å²) >= 11 is 0. The summed E-state index contributed by atoms with van der Waals surface area (Å²) in [5.41, 5.74) is 2.06. The number of furan rings is 1. The molecule has 0 bridgehead atoms. The highest BCUT2D eigenvalue weighted by atomic mass is 16.7. The smallest absolute Gasteiger partial charge is 0.231 e. The summed E-state index contributed by atoms with van der Waals surface area (Å²) in [6, 6.07) is 10.8. The Balaban J connectivity index is 1.58. The predicted octanol–water partition coefficient (Wildman–Crippen LogP) is 3.78. The lowest BCUT2D eigenvalue weighted by Crippen LogP contribution is -1.97. The van der Waals surface area contributed by atoms with Crippen LogP contribution in [-0.4, -0.2) is 12.6 Å². The molecular weight excluding hydrogens is 296 g/mol. The van der Waals surface area contributed by atoms with Gasteiger partial charge >= 0.3 is 0 Å². The minimum Gasteiger partial charge on any atom is -0.464 e. The molecule has 0 saturated heterocycles. The maximum atomic E-state index is 12.5. The number of hydrogen-bond donors (Lipinski definition) is 0. The molecule has 5 heteroatoms. The fraction of sp³-hybridized carbons (Fsp3) is 0.0556. The summed E-state index contributed by atoms with van der Waals surface area (Å²) in [6.07, 6.45) is 3.29. The number of fused-ring (bicyclic) bond motifs is 4.